The predicted octanol–water partition coefficient (Wildman–Crippen LogP) is 2.35. The molecule has 3 N–H and O–H groups in total. The average Bonchev–Trinajstić information content (AvgIpc) is 2.23. The van der Waals surface area contributed by atoms with E-state index < -0.39 is 18.0 Å². The molecular weight excluding hydrogens is 288 g/mol. The molecule has 2 amide bonds. The van der Waals surface area contributed by atoms with Gasteiger partial charge in [0.2, 0.25) is 0 Å². The van der Waals surface area contributed by atoms with Crippen molar-refractivity contribution in [2.24, 2.45) is 0 Å². The molecule has 1 rings (SSSR count). The lowest BCUT2D eigenvalue weighted by Gasteiger charge is -2.12. The van der Waals surface area contributed by atoms with E-state index in [0.29, 0.717) is 5.69 Å². The maximum Gasteiger partial charge on any atom is 0.325 e. The lowest BCUT2D eigenvalue weighted by Crippen LogP contribution is -2.40. The molecule has 0 aromatic heterocycles. The van der Waals surface area contributed by atoms with E-state index in [1.54, 1.807) is 6.07 Å². The highest BCUT2D eigenvalue weighted by Gasteiger charge is 2.14. The lowest BCUT2D eigenvalue weighted by atomic mass is 10.2. The smallest absolute Gasteiger partial charge is 0.325 e. The zero-order valence-corrected chi connectivity index (χ0v) is 11.0. The van der Waals surface area contributed by atoms with Crippen LogP contribution in [0.5, 0.6) is 0 Å². The molecule has 0 radical (unpaired) electrons. The van der Waals surface area contributed by atoms with E-state index in [0.717, 1.165) is 10.0 Å². The van der Waals surface area contributed by atoms with Crippen LogP contribution in [-0.2, 0) is 4.79 Å². The Morgan fingerprint density at radius 2 is 2.06 bits per heavy atom. The molecule has 5 nitrogen and oxygen atoms in total. The van der Waals surface area contributed by atoms with Gasteiger partial charge in [-0.25, -0.2) is 4.79 Å². The Hall–Kier alpha value is -1.56. The van der Waals surface area contributed by atoms with E-state index in [1.807, 2.05) is 19.1 Å². The number of urea groups is 1. The summed E-state index contributed by atoms with van der Waals surface area (Å²) in [5, 5.41) is 13.5. The van der Waals surface area contributed by atoms with E-state index in [9.17, 15) is 9.59 Å². The molecule has 1 atom stereocenters. The lowest BCUT2D eigenvalue weighted by molar-refractivity contribution is -0.138. The normalized spacial score (nSPS) is 11.7. The van der Waals surface area contributed by atoms with Gasteiger partial charge < -0.3 is 15.7 Å². The van der Waals surface area contributed by atoms with Crippen LogP contribution in [0.3, 0.4) is 0 Å². The standard InChI is InChI=1S/C11H13BrN2O3/c1-6-3-4-8(12)5-9(6)14-11(17)13-7(2)10(15)16/h3-5,7H,1-2H3,(H,15,16)(H2,13,14,17)/t7-/m0/s1. The molecule has 0 saturated carbocycles. The number of carbonyl (C=O) groups excluding carboxylic acids is 1. The molecule has 0 aliphatic rings. The minimum absolute atomic E-state index is 0.541. The van der Waals surface area contributed by atoms with Gasteiger partial charge in [0.1, 0.15) is 6.04 Å². The van der Waals surface area contributed by atoms with E-state index in [1.165, 1.54) is 6.92 Å². The number of carboxylic acid groups (broad SMARTS) is 1. The zero-order valence-electron chi connectivity index (χ0n) is 9.45. The van der Waals surface area contributed by atoms with Crippen LogP contribution >= 0.6 is 15.9 Å². The van der Waals surface area contributed by atoms with Crippen molar-refractivity contribution in [3.05, 3.63) is 28.2 Å². The molecule has 0 spiro atoms. The zero-order chi connectivity index (χ0) is 13.0. The molecule has 0 saturated heterocycles. The van der Waals surface area contributed by atoms with Crippen LogP contribution in [0, 0.1) is 6.92 Å². The summed E-state index contributed by atoms with van der Waals surface area (Å²) in [5.74, 6) is -1.08. The summed E-state index contributed by atoms with van der Waals surface area (Å²) < 4.78 is 0.838. The summed E-state index contributed by atoms with van der Waals surface area (Å²) in [7, 11) is 0. The molecule has 0 bridgehead atoms. The number of nitrogens with one attached hydrogen (secondary N) is 2. The number of carboxylic acids is 1. The number of hydrogen-bond acceptors (Lipinski definition) is 2. The van der Waals surface area contributed by atoms with Crippen LogP contribution < -0.4 is 10.6 Å². The van der Waals surface area contributed by atoms with E-state index in [4.69, 9.17) is 5.11 Å². The van der Waals surface area contributed by atoms with Crippen LogP contribution in [0.2, 0.25) is 0 Å². The van der Waals surface area contributed by atoms with Crippen molar-refractivity contribution in [2.75, 3.05) is 5.32 Å². The molecule has 0 fully saturated rings. The first kappa shape index (κ1) is 13.5. The van der Waals surface area contributed by atoms with Crippen LogP contribution in [0.15, 0.2) is 22.7 Å². The van der Waals surface area contributed by atoms with Crippen LogP contribution in [0.25, 0.3) is 0 Å². The van der Waals surface area contributed by atoms with Crippen molar-refractivity contribution >= 4 is 33.6 Å². The highest BCUT2D eigenvalue weighted by atomic mass is 79.9. The number of anilines is 1. The van der Waals surface area contributed by atoms with E-state index in [2.05, 4.69) is 26.6 Å². The van der Waals surface area contributed by atoms with Gasteiger partial charge in [0.15, 0.2) is 0 Å². The van der Waals surface area contributed by atoms with Gasteiger partial charge in [0, 0.05) is 10.2 Å². The number of benzene rings is 1. The van der Waals surface area contributed by atoms with Crippen molar-refractivity contribution in [1.29, 1.82) is 0 Å². The molecule has 17 heavy (non-hydrogen) atoms. The molecule has 0 heterocycles. The number of halogens is 1. The van der Waals surface area contributed by atoms with E-state index >= 15 is 0 Å². The Kier molecular flexibility index (Phi) is 4.51. The Morgan fingerprint density at radius 3 is 2.65 bits per heavy atom. The Balaban J connectivity index is 2.68. The third-order valence-electron chi connectivity index (χ3n) is 2.17. The molecule has 0 aliphatic carbocycles. The number of carbonyl (C=O) groups is 2. The van der Waals surface area contributed by atoms with Crippen LogP contribution in [0.4, 0.5) is 10.5 Å². The minimum atomic E-state index is -1.08. The van der Waals surface area contributed by atoms with Crippen LogP contribution in [0.1, 0.15) is 12.5 Å². The summed E-state index contributed by atoms with van der Waals surface area (Å²) >= 11 is 3.29. The van der Waals surface area contributed by atoms with Gasteiger partial charge in [0.05, 0.1) is 0 Å². The minimum Gasteiger partial charge on any atom is -0.480 e. The fourth-order valence-corrected chi connectivity index (χ4v) is 1.51. The summed E-state index contributed by atoms with van der Waals surface area (Å²) in [5.41, 5.74) is 1.53. The highest BCUT2D eigenvalue weighted by Crippen LogP contribution is 2.20. The maximum absolute atomic E-state index is 11.5. The third-order valence-corrected chi connectivity index (χ3v) is 2.66. The second-order valence-electron chi connectivity index (χ2n) is 3.62. The van der Waals surface area contributed by atoms with E-state index in [-0.39, 0.29) is 0 Å². The van der Waals surface area contributed by atoms with Crippen molar-refractivity contribution < 1.29 is 14.7 Å². The second kappa shape index (κ2) is 5.67. The fourth-order valence-electron chi connectivity index (χ4n) is 1.15. The average molecular weight is 301 g/mol. The molecular formula is C11H13BrN2O3. The molecule has 1 aromatic carbocycles. The molecule has 92 valence electrons. The summed E-state index contributed by atoms with van der Waals surface area (Å²) in [6.07, 6.45) is 0. The Morgan fingerprint density at radius 1 is 1.41 bits per heavy atom. The van der Waals surface area contributed by atoms with Gasteiger partial charge in [-0.15, -0.1) is 0 Å². The Bertz CT molecular complexity index is 448. The number of aryl methyl sites for hydroxylation is 1. The van der Waals surface area contributed by atoms with Crippen molar-refractivity contribution in [2.45, 2.75) is 19.9 Å². The fraction of sp³-hybridized carbons (Fsp3) is 0.273. The van der Waals surface area contributed by atoms with Crippen LogP contribution in [-0.4, -0.2) is 23.1 Å². The number of amides is 2. The summed E-state index contributed by atoms with van der Waals surface area (Å²) in [6, 6.07) is 3.99. The predicted molar refractivity (Wildman–Crippen MR) is 68.1 cm³/mol. The molecule has 1 aromatic rings. The highest BCUT2D eigenvalue weighted by molar-refractivity contribution is 9.10. The summed E-state index contributed by atoms with van der Waals surface area (Å²) in [6.45, 7) is 3.25. The molecule has 0 aliphatic heterocycles. The topological polar surface area (TPSA) is 78.4 Å². The summed E-state index contributed by atoms with van der Waals surface area (Å²) in [4.78, 5) is 22.0. The van der Waals surface area contributed by atoms with Gasteiger partial charge in [-0.1, -0.05) is 22.0 Å². The SMILES string of the molecule is Cc1ccc(Br)cc1NC(=O)N[C@@H](C)C(=O)O. The first-order chi connectivity index (χ1) is 7.90. The second-order valence-corrected chi connectivity index (χ2v) is 4.53. The van der Waals surface area contributed by atoms with Gasteiger partial charge in [-0.05, 0) is 31.5 Å². The van der Waals surface area contributed by atoms with Crippen molar-refractivity contribution in [3.8, 4) is 0 Å². The number of hydrogen-bond donors (Lipinski definition) is 3. The van der Waals surface area contributed by atoms with Gasteiger partial charge in [-0.2, -0.15) is 0 Å². The third kappa shape index (κ3) is 4.07. The quantitative estimate of drug-likeness (QED) is 0.802. The monoisotopic (exact) mass is 300 g/mol. The first-order valence-electron chi connectivity index (χ1n) is 4.96. The van der Waals surface area contributed by atoms with Crippen molar-refractivity contribution in [1.82, 2.24) is 5.32 Å². The van der Waals surface area contributed by atoms with Gasteiger partial charge in [-0.3, -0.25) is 4.79 Å². The number of rotatable bonds is 3. The Labute approximate surface area is 107 Å². The molecule has 0 unspecified atom stereocenters. The van der Waals surface area contributed by atoms with Crippen molar-refractivity contribution in [3.63, 3.8) is 0 Å². The first-order valence-corrected chi connectivity index (χ1v) is 5.76. The largest absolute Gasteiger partial charge is 0.480 e. The molecule has 6 heteroatoms. The maximum atomic E-state index is 11.5. The van der Waals surface area contributed by atoms with Gasteiger partial charge in [0.25, 0.3) is 0 Å². The number of aliphatic carboxylic acids is 1. The van der Waals surface area contributed by atoms with Gasteiger partial charge >= 0.3 is 12.0 Å².